The van der Waals surface area contributed by atoms with Gasteiger partial charge in [-0.3, -0.25) is 9.79 Å². The average Bonchev–Trinajstić information content (AvgIpc) is 2.90. The van der Waals surface area contributed by atoms with Crippen molar-refractivity contribution in [3.05, 3.63) is 95.7 Å². The van der Waals surface area contributed by atoms with E-state index in [-0.39, 0.29) is 38.3 Å². The lowest BCUT2D eigenvalue weighted by Gasteiger charge is -2.38. The molecule has 0 bridgehead atoms. The van der Waals surface area contributed by atoms with Gasteiger partial charge in [-0.25, -0.2) is 9.78 Å². The Bertz CT molecular complexity index is 1230. The van der Waals surface area contributed by atoms with Gasteiger partial charge in [0, 0.05) is 30.4 Å². The van der Waals surface area contributed by atoms with Gasteiger partial charge in [0.05, 0.1) is 23.2 Å². The lowest BCUT2D eigenvalue weighted by molar-refractivity contribution is -0.137. The zero-order valence-electron chi connectivity index (χ0n) is 19.8. The number of carboxylic acid groups (broad SMARTS) is 1. The van der Waals surface area contributed by atoms with E-state index in [4.69, 9.17) is 4.99 Å². The second-order valence-corrected chi connectivity index (χ2v) is 8.83. The molecular formula is C27H25F3N4O3. The third-order valence-electron chi connectivity index (χ3n) is 6.44. The number of amides is 2. The molecule has 192 valence electrons. The van der Waals surface area contributed by atoms with Gasteiger partial charge in [-0.05, 0) is 25.0 Å². The lowest BCUT2D eigenvalue weighted by Crippen LogP contribution is -2.49. The number of hydrogen-bond donors (Lipinski definition) is 2. The highest BCUT2D eigenvalue weighted by atomic mass is 19.4. The zero-order valence-corrected chi connectivity index (χ0v) is 19.8. The topological polar surface area (TPSA) is 94.9 Å². The van der Waals surface area contributed by atoms with E-state index >= 15 is 0 Å². The SMILES string of the molecule is O=C(O)N1CCC(CN=C(c2ccccc2)c2ccccc2)(C(=O)Nc2cc(C(F)(F)F)ccn2)CC1. The fourth-order valence-electron chi connectivity index (χ4n) is 4.28. The number of nitrogens with zero attached hydrogens (tertiary/aromatic N) is 3. The molecule has 10 heteroatoms. The number of rotatable bonds is 6. The van der Waals surface area contributed by atoms with Crippen molar-refractivity contribution in [1.29, 1.82) is 0 Å². The minimum atomic E-state index is -4.59. The number of halogens is 3. The van der Waals surface area contributed by atoms with Gasteiger partial charge >= 0.3 is 12.3 Å². The number of piperidine rings is 1. The van der Waals surface area contributed by atoms with Crippen LogP contribution >= 0.6 is 0 Å². The molecule has 1 aliphatic rings. The van der Waals surface area contributed by atoms with Gasteiger partial charge in [0.25, 0.3) is 0 Å². The Hall–Kier alpha value is -4.21. The Morgan fingerprint density at radius 2 is 1.54 bits per heavy atom. The van der Waals surface area contributed by atoms with E-state index in [9.17, 15) is 27.9 Å². The summed E-state index contributed by atoms with van der Waals surface area (Å²) in [5.41, 5.74) is 0.266. The largest absolute Gasteiger partial charge is 0.465 e. The summed E-state index contributed by atoms with van der Waals surface area (Å²) >= 11 is 0. The minimum absolute atomic E-state index is 0.0182. The van der Waals surface area contributed by atoms with Gasteiger partial charge in [-0.15, -0.1) is 0 Å². The summed E-state index contributed by atoms with van der Waals surface area (Å²) in [6, 6.07) is 20.5. The number of nitrogens with one attached hydrogen (secondary N) is 1. The molecule has 1 aliphatic heterocycles. The molecule has 1 aromatic heterocycles. The van der Waals surface area contributed by atoms with E-state index < -0.39 is 29.2 Å². The highest BCUT2D eigenvalue weighted by Crippen LogP contribution is 2.35. The van der Waals surface area contributed by atoms with E-state index in [1.54, 1.807) is 0 Å². The number of alkyl halides is 3. The Morgan fingerprint density at radius 1 is 0.973 bits per heavy atom. The zero-order chi connectivity index (χ0) is 26.5. The molecule has 0 saturated carbocycles. The molecule has 2 amide bonds. The van der Waals surface area contributed by atoms with Crippen LogP contribution in [0.2, 0.25) is 0 Å². The molecule has 1 fully saturated rings. The first kappa shape index (κ1) is 25.9. The summed E-state index contributed by atoms with van der Waals surface area (Å²) in [6.45, 7) is 0.213. The molecular weight excluding hydrogens is 485 g/mol. The molecule has 2 N–H and O–H groups in total. The second kappa shape index (κ2) is 10.8. The van der Waals surface area contributed by atoms with Crippen LogP contribution in [-0.4, -0.2) is 52.3 Å². The van der Waals surface area contributed by atoms with Crippen LogP contribution in [0.4, 0.5) is 23.8 Å². The third kappa shape index (κ3) is 6.14. The smallest absolute Gasteiger partial charge is 0.416 e. The number of likely N-dealkylation sites (tertiary alicyclic amines) is 1. The maximum Gasteiger partial charge on any atom is 0.416 e. The predicted molar refractivity (Wildman–Crippen MR) is 133 cm³/mol. The van der Waals surface area contributed by atoms with Crippen LogP contribution in [0.15, 0.2) is 84.0 Å². The van der Waals surface area contributed by atoms with Gasteiger partial charge in [-0.1, -0.05) is 60.7 Å². The van der Waals surface area contributed by atoms with Crippen molar-refractivity contribution in [3.8, 4) is 0 Å². The second-order valence-electron chi connectivity index (χ2n) is 8.83. The van der Waals surface area contributed by atoms with Gasteiger partial charge in [0.1, 0.15) is 5.82 Å². The van der Waals surface area contributed by atoms with Crippen molar-refractivity contribution < 1.29 is 27.9 Å². The summed E-state index contributed by atoms with van der Waals surface area (Å²) in [5, 5.41) is 11.9. The van der Waals surface area contributed by atoms with E-state index in [0.29, 0.717) is 5.71 Å². The van der Waals surface area contributed by atoms with Gasteiger partial charge < -0.3 is 15.3 Å². The molecule has 0 unspecified atom stereocenters. The monoisotopic (exact) mass is 510 g/mol. The first-order chi connectivity index (χ1) is 17.7. The molecule has 3 aromatic rings. The summed E-state index contributed by atoms with van der Waals surface area (Å²) in [7, 11) is 0. The van der Waals surface area contributed by atoms with Crippen molar-refractivity contribution >= 4 is 23.5 Å². The fourth-order valence-corrected chi connectivity index (χ4v) is 4.28. The van der Waals surface area contributed by atoms with Gasteiger partial charge in [0.15, 0.2) is 0 Å². The molecule has 0 radical (unpaired) electrons. The molecule has 0 spiro atoms. The first-order valence-electron chi connectivity index (χ1n) is 11.7. The molecule has 4 rings (SSSR count). The molecule has 1 saturated heterocycles. The standard InChI is InChI=1S/C27H25F3N4O3/c28-27(29,30)21-11-14-31-22(17-21)33-24(35)26(12-15-34(16-13-26)25(36)37)18-32-23(19-7-3-1-4-8-19)20-9-5-2-6-10-20/h1-11,14,17H,12-13,15-16,18H2,(H,36,37)(H,31,33,35). The number of carbonyl (C=O) groups excluding carboxylic acids is 1. The quantitative estimate of drug-likeness (QED) is 0.438. The van der Waals surface area contributed by atoms with Crippen molar-refractivity contribution in [1.82, 2.24) is 9.88 Å². The lowest BCUT2D eigenvalue weighted by atomic mass is 9.77. The summed E-state index contributed by atoms with van der Waals surface area (Å²) in [6.07, 6.45) is -4.38. The Labute approximate surface area is 211 Å². The van der Waals surface area contributed by atoms with Crippen molar-refractivity contribution in [2.24, 2.45) is 10.4 Å². The number of aliphatic imine (C=N–C) groups is 1. The maximum atomic E-state index is 13.5. The van der Waals surface area contributed by atoms with Crippen LogP contribution in [0.3, 0.4) is 0 Å². The number of benzene rings is 2. The summed E-state index contributed by atoms with van der Waals surface area (Å²) < 4.78 is 39.5. The van der Waals surface area contributed by atoms with Crippen LogP contribution < -0.4 is 5.32 Å². The maximum absolute atomic E-state index is 13.5. The van der Waals surface area contributed by atoms with Gasteiger partial charge in [0.2, 0.25) is 5.91 Å². The summed E-state index contributed by atoms with van der Waals surface area (Å²) in [5.74, 6) is -0.774. The number of hydrogen-bond acceptors (Lipinski definition) is 4. The van der Waals surface area contributed by atoms with Crippen molar-refractivity contribution in [2.45, 2.75) is 19.0 Å². The predicted octanol–water partition coefficient (Wildman–Crippen LogP) is 5.34. The number of carbonyl (C=O) groups is 2. The summed E-state index contributed by atoms with van der Waals surface area (Å²) in [4.78, 5) is 35.0. The van der Waals surface area contributed by atoms with Crippen LogP contribution in [0.25, 0.3) is 0 Å². The molecule has 7 nitrogen and oxygen atoms in total. The molecule has 0 atom stereocenters. The number of anilines is 1. The first-order valence-corrected chi connectivity index (χ1v) is 11.7. The van der Waals surface area contributed by atoms with Crippen LogP contribution in [0, 0.1) is 5.41 Å². The molecule has 37 heavy (non-hydrogen) atoms. The highest BCUT2D eigenvalue weighted by molar-refractivity contribution is 6.13. The van der Waals surface area contributed by atoms with E-state index in [2.05, 4.69) is 10.3 Å². The van der Waals surface area contributed by atoms with Crippen LogP contribution in [0.1, 0.15) is 29.5 Å². The fraction of sp³-hybridized carbons (Fsp3) is 0.259. The van der Waals surface area contributed by atoms with Crippen LogP contribution in [-0.2, 0) is 11.0 Å². The number of aromatic nitrogens is 1. The minimum Gasteiger partial charge on any atom is -0.465 e. The molecule has 0 aliphatic carbocycles. The van der Waals surface area contributed by atoms with Gasteiger partial charge in [-0.2, -0.15) is 13.2 Å². The Balaban J connectivity index is 1.67. The van der Waals surface area contributed by atoms with E-state index in [0.717, 1.165) is 29.5 Å². The van der Waals surface area contributed by atoms with Crippen LogP contribution in [0.5, 0.6) is 0 Å². The Kier molecular flexibility index (Phi) is 7.56. The Morgan fingerprint density at radius 3 is 2.05 bits per heavy atom. The number of pyridine rings is 1. The van der Waals surface area contributed by atoms with E-state index in [1.165, 1.54) is 4.90 Å². The third-order valence-corrected chi connectivity index (χ3v) is 6.44. The van der Waals surface area contributed by atoms with Crippen molar-refractivity contribution in [3.63, 3.8) is 0 Å². The normalized spacial score (nSPS) is 15.1. The average molecular weight is 511 g/mol. The molecule has 2 heterocycles. The van der Waals surface area contributed by atoms with Crippen molar-refractivity contribution in [2.75, 3.05) is 25.0 Å². The van der Waals surface area contributed by atoms with E-state index in [1.807, 2.05) is 60.7 Å². The molecule has 2 aromatic carbocycles. The highest BCUT2D eigenvalue weighted by Gasteiger charge is 2.43.